The lowest BCUT2D eigenvalue weighted by Crippen LogP contribution is -2.61. The van der Waals surface area contributed by atoms with Gasteiger partial charge in [0, 0.05) is 33.7 Å². The minimum atomic E-state index is -0.106. The van der Waals surface area contributed by atoms with E-state index in [1.807, 2.05) is 0 Å². The van der Waals surface area contributed by atoms with Crippen LogP contribution in [0.3, 0.4) is 0 Å². The fourth-order valence-corrected chi connectivity index (χ4v) is 12.6. The summed E-state index contributed by atoms with van der Waals surface area (Å²) in [5, 5.41) is 0. The van der Waals surface area contributed by atoms with Crippen molar-refractivity contribution in [3.05, 3.63) is 118 Å². The van der Waals surface area contributed by atoms with Gasteiger partial charge >= 0.3 is 0 Å². The predicted octanol–water partition coefficient (Wildman–Crippen LogP) is 14.7. The first kappa shape index (κ1) is 42.5. The zero-order chi connectivity index (χ0) is 45.4. The Labute approximate surface area is 380 Å². The number of nitrogens with zero attached hydrogens (tertiary/aromatic N) is 2. The van der Waals surface area contributed by atoms with Crippen LogP contribution >= 0.6 is 0 Å². The fraction of sp³-hybridized carbons (Fsp3) is 0.492. The van der Waals surface area contributed by atoms with E-state index in [-0.39, 0.29) is 44.6 Å². The van der Waals surface area contributed by atoms with Crippen LogP contribution in [0, 0.1) is 6.92 Å². The Balaban J connectivity index is 1.36. The van der Waals surface area contributed by atoms with Gasteiger partial charge in [0.1, 0.15) is 5.76 Å². The van der Waals surface area contributed by atoms with Crippen molar-refractivity contribution in [3.63, 3.8) is 0 Å². The molecule has 328 valence electrons. The number of benzene rings is 4. The molecule has 0 saturated heterocycles. The molecule has 3 heterocycles. The molecule has 0 N–H and O–H groups in total. The van der Waals surface area contributed by atoms with Crippen LogP contribution in [0.5, 0.6) is 0 Å². The molecule has 0 fully saturated rings. The smallest absolute Gasteiger partial charge is 0.297 e. The monoisotopic (exact) mass is 837 g/mol. The predicted molar refractivity (Wildman–Crippen MR) is 272 cm³/mol. The first-order chi connectivity index (χ1) is 29.2. The van der Waals surface area contributed by atoms with Crippen LogP contribution in [0.15, 0.2) is 71.7 Å². The number of hydrogen-bond acceptors (Lipinski definition) is 3. The van der Waals surface area contributed by atoms with E-state index in [1.54, 1.807) is 0 Å². The van der Waals surface area contributed by atoms with Gasteiger partial charge in [0.2, 0.25) is 0 Å². The molecule has 0 saturated carbocycles. The van der Waals surface area contributed by atoms with E-state index < -0.39 is 0 Å². The van der Waals surface area contributed by atoms with Crippen molar-refractivity contribution in [3.8, 4) is 0 Å². The Hall–Kier alpha value is -4.44. The molecule has 5 aromatic rings. The van der Waals surface area contributed by atoms with Crippen molar-refractivity contribution in [2.75, 3.05) is 9.80 Å². The highest BCUT2D eigenvalue weighted by Crippen LogP contribution is 2.57. The van der Waals surface area contributed by atoms with E-state index in [4.69, 9.17) is 4.42 Å². The molecular weight excluding hydrogens is 763 g/mol. The third-order valence-corrected chi connectivity index (χ3v) is 17.1. The van der Waals surface area contributed by atoms with Gasteiger partial charge in [-0.05, 0) is 170 Å². The SMILES string of the molecule is C=Cc1cc(C(C)(C)C)ccc1N1c2cc(C)cc3c2B(c2cc4c(cc2N3c2ccc3c(c2)C(C)(C)CCC3(C)C)C(C)(C)CCC4(C)C)c2oc3c(c21)C(C)(C)CCC3(C)C. The van der Waals surface area contributed by atoms with Gasteiger partial charge in [-0.3, -0.25) is 0 Å². The van der Waals surface area contributed by atoms with Crippen molar-refractivity contribution in [2.24, 2.45) is 0 Å². The lowest BCUT2D eigenvalue weighted by Gasteiger charge is -2.47. The van der Waals surface area contributed by atoms with Crippen molar-refractivity contribution in [2.45, 2.75) is 187 Å². The third-order valence-electron chi connectivity index (χ3n) is 17.1. The van der Waals surface area contributed by atoms with Crippen LogP contribution in [0.1, 0.15) is 193 Å². The Morgan fingerprint density at radius 2 is 1.11 bits per heavy atom. The van der Waals surface area contributed by atoms with Crippen LogP contribution in [0.2, 0.25) is 0 Å². The summed E-state index contributed by atoms with van der Waals surface area (Å²) in [6.45, 7) is 43.1. The summed E-state index contributed by atoms with van der Waals surface area (Å²) in [4.78, 5) is 5.30. The number of aryl methyl sites for hydroxylation is 1. The molecule has 4 heteroatoms. The number of hydrogen-bond donors (Lipinski definition) is 0. The van der Waals surface area contributed by atoms with Gasteiger partial charge in [-0.15, -0.1) is 0 Å². The zero-order valence-electron chi connectivity index (χ0n) is 41.7. The maximum atomic E-state index is 7.74. The normalized spacial score (nSPS) is 21.4. The summed E-state index contributed by atoms with van der Waals surface area (Å²) in [7, 11) is 0. The molecule has 0 unspecified atom stereocenters. The molecule has 2 aliphatic heterocycles. The molecule has 0 atom stereocenters. The molecule has 1 aromatic heterocycles. The van der Waals surface area contributed by atoms with Gasteiger partial charge in [0.25, 0.3) is 6.71 Å². The largest absolute Gasteiger partial charge is 0.472 e. The molecule has 3 aliphatic carbocycles. The minimum absolute atomic E-state index is 0.00210. The van der Waals surface area contributed by atoms with Crippen molar-refractivity contribution >= 4 is 63.5 Å². The van der Waals surface area contributed by atoms with E-state index in [1.165, 1.54) is 104 Å². The second-order valence-electron chi connectivity index (χ2n) is 25.6. The van der Waals surface area contributed by atoms with E-state index >= 15 is 0 Å². The maximum Gasteiger partial charge on any atom is 0.297 e. The van der Waals surface area contributed by atoms with Crippen molar-refractivity contribution in [1.29, 1.82) is 0 Å². The van der Waals surface area contributed by atoms with Crippen LogP contribution < -0.4 is 26.4 Å². The number of anilines is 6. The second kappa shape index (κ2) is 13.1. The molecule has 0 spiro atoms. The van der Waals surface area contributed by atoms with Gasteiger partial charge < -0.3 is 14.2 Å². The van der Waals surface area contributed by atoms with Gasteiger partial charge in [0.15, 0.2) is 0 Å². The summed E-state index contributed by atoms with van der Waals surface area (Å²) in [6.07, 6.45) is 8.99. The highest BCUT2D eigenvalue weighted by Gasteiger charge is 2.53. The van der Waals surface area contributed by atoms with Gasteiger partial charge in [-0.25, -0.2) is 0 Å². The highest BCUT2D eigenvalue weighted by molar-refractivity contribution is 6.99. The first-order valence-electron chi connectivity index (χ1n) is 24.2. The average molecular weight is 837 g/mol. The molecule has 5 aliphatic rings. The maximum absolute atomic E-state index is 7.74. The van der Waals surface area contributed by atoms with Crippen LogP contribution in [0.4, 0.5) is 34.1 Å². The number of furan rings is 1. The van der Waals surface area contributed by atoms with E-state index in [2.05, 4.69) is 194 Å². The number of rotatable bonds is 3. The van der Waals surface area contributed by atoms with Gasteiger partial charge in [0.05, 0.1) is 17.0 Å². The van der Waals surface area contributed by atoms with Crippen LogP contribution in [-0.2, 0) is 37.9 Å². The van der Waals surface area contributed by atoms with E-state index in [9.17, 15) is 0 Å². The highest BCUT2D eigenvalue weighted by atomic mass is 16.3. The lowest BCUT2D eigenvalue weighted by molar-refractivity contribution is 0.282. The summed E-state index contributed by atoms with van der Waals surface area (Å²) in [5.41, 5.74) is 22.5. The van der Waals surface area contributed by atoms with Gasteiger partial charge in [-0.2, -0.15) is 0 Å². The minimum Gasteiger partial charge on any atom is -0.472 e. The Morgan fingerprint density at radius 3 is 1.71 bits per heavy atom. The first-order valence-corrected chi connectivity index (χ1v) is 24.2. The molecule has 0 amide bonds. The summed E-state index contributed by atoms with van der Waals surface area (Å²) >= 11 is 0. The number of fused-ring (bicyclic) bond motifs is 8. The molecule has 3 nitrogen and oxygen atoms in total. The molecule has 10 rings (SSSR count). The molecule has 63 heavy (non-hydrogen) atoms. The Morgan fingerprint density at radius 1 is 0.571 bits per heavy atom. The molecule has 4 aromatic carbocycles. The average Bonchev–Trinajstić information content (AvgIpc) is 3.62. The van der Waals surface area contributed by atoms with Crippen molar-refractivity contribution in [1.82, 2.24) is 0 Å². The summed E-state index contributed by atoms with van der Waals surface area (Å²) in [5.74, 6) is 1.16. The molecular formula is C59H73BN2O. The third kappa shape index (κ3) is 6.11. The summed E-state index contributed by atoms with van der Waals surface area (Å²) in [6, 6.07) is 24.9. The van der Waals surface area contributed by atoms with Crippen molar-refractivity contribution < 1.29 is 4.42 Å². The van der Waals surface area contributed by atoms with E-state index in [0.717, 1.165) is 35.5 Å². The second-order valence-corrected chi connectivity index (χ2v) is 25.6. The van der Waals surface area contributed by atoms with Crippen LogP contribution in [0.25, 0.3) is 6.08 Å². The quantitative estimate of drug-likeness (QED) is 0.165. The lowest BCUT2D eigenvalue weighted by atomic mass is 9.35. The Kier molecular flexibility index (Phi) is 8.84. The molecule has 0 radical (unpaired) electrons. The fourth-order valence-electron chi connectivity index (χ4n) is 12.6. The standard InChI is InChI=1S/C59H73BN2O/c1-18-36-31-37(53(3,4)5)19-22-44(36)62-47-30-35(2)29-46-49(47)60(52-50(62)48-51(63-52)59(16,17)28-27-58(48,14)15)43-33-41-42(57(12,13)26-25-56(41,10)11)34-45(43)61(46)38-20-21-39-40(32-38)55(8,9)24-23-54(39,6)7/h18-22,29-34H,1,23-28H2,2-17H3. The summed E-state index contributed by atoms with van der Waals surface area (Å²) < 4.78 is 7.74. The zero-order valence-corrected chi connectivity index (χ0v) is 41.7. The van der Waals surface area contributed by atoms with Gasteiger partial charge in [-0.1, -0.05) is 135 Å². The van der Waals surface area contributed by atoms with E-state index in [0.29, 0.717) is 0 Å². The van der Waals surface area contributed by atoms with Crippen LogP contribution in [-0.4, -0.2) is 6.71 Å². The molecule has 0 bridgehead atoms. The Bertz CT molecular complexity index is 2780. The topological polar surface area (TPSA) is 19.6 Å².